The van der Waals surface area contributed by atoms with Crippen molar-refractivity contribution in [2.75, 3.05) is 13.2 Å². The van der Waals surface area contributed by atoms with Crippen LogP contribution in [-0.2, 0) is 0 Å². The van der Waals surface area contributed by atoms with Gasteiger partial charge in [0.2, 0.25) is 5.88 Å². The minimum absolute atomic E-state index is 0.120. The van der Waals surface area contributed by atoms with Gasteiger partial charge in [-0.25, -0.2) is 4.98 Å². The van der Waals surface area contributed by atoms with E-state index in [0.717, 1.165) is 27.4 Å². The maximum Gasteiger partial charge on any atom is 0.266 e. The lowest BCUT2D eigenvalue weighted by molar-refractivity contribution is 0.316. The summed E-state index contributed by atoms with van der Waals surface area (Å²) < 4.78 is 6.05. The zero-order valence-corrected chi connectivity index (χ0v) is 14.9. The molecule has 4 aromatic rings. The molecule has 0 saturated carbocycles. The standard InChI is InChI=1S/C19H17N3O3S/c1-10-8-13(23)15(11-2-3-14(21-9-11)25-6-5-20)16-12-4-7-26-18(12)19(24)22-17(10)16/h2-4,7-9,23H,5-6,20H2,1H3,(H,22,24). The second kappa shape index (κ2) is 6.44. The Morgan fingerprint density at radius 3 is 2.92 bits per heavy atom. The number of aryl methyl sites for hydroxylation is 1. The molecule has 0 bridgehead atoms. The Morgan fingerprint density at radius 2 is 2.19 bits per heavy atom. The molecule has 132 valence electrons. The number of rotatable bonds is 4. The normalized spacial score (nSPS) is 11.3. The number of benzene rings is 1. The summed E-state index contributed by atoms with van der Waals surface area (Å²) in [7, 11) is 0. The van der Waals surface area contributed by atoms with Crippen molar-refractivity contribution in [2.45, 2.75) is 6.92 Å². The summed E-state index contributed by atoms with van der Waals surface area (Å²) in [5.74, 6) is 0.621. The zero-order chi connectivity index (χ0) is 18.3. The van der Waals surface area contributed by atoms with Gasteiger partial charge in [0, 0.05) is 40.7 Å². The van der Waals surface area contributed by atoms with Crippen LogP contribution in [0.2, 0.25) is 0 Å². The second-order valence-corrected chi connectivity index (χ2v) is 6.89. The number of aromatic amines is 1. The van der Waals surface area contributed by atoms with Gasteiger partial charge in [0.05, 0.1) is 5.52 Å². The molecule has 4 rings (SSSR count). The number of nitrogens with one attached hydrogen (secondary N) is 1. The molecule has 0 radical (unpaired) electrons. The predicted octanol–water partition coefficient (Wildman–Crippen LogP) is 3.16. The van der Waals surface area contributed by atoms with Crippen LogP contribution >= 0.6 is 11.3 Å². The lowest BCUT2D eigenvalue weighted by atomic mass is 9.96. The number of aromatic nitrogens is 2. The van der Waals surface area contributed by atoms with Crippen molar-refractivity contribution in [1.82, 2.24) is 9.97 Å². The van der Waals surface area contributed by atoms with Crippen LogP contribution in [-0.4, -0.2) is 28.2 Å². The van der Waals surface area contributed by atoms with Gasteiger partial charge in [0.1, 0.15) is 17.1 Å². The van der Waals surface area contributed by atoms with E-state index in [4.69, 9.17) is 10.5 Å². The number of H-pyrrole nitrogens is 1. The Hall–Kier alpha value is -2.90. The van der Waals surface area contributed by atoms with Gasteiger partial charge in [-0.3, -0.25) is 4.79 Å². The van der Waals surface area contributed by atoms with E-state index in [-0.39, 0.29) is 11.3 Å². The molecule has 0 aliphatic heterocycles. The number of nitrogens with two attached hydrogens (primary N) is 1. The minimum atomic E-state index is -0.120. The third-order valence-corrected chi connectivity index (χ3v) is 5.19. The summed E-state index contributed by atoms with van der Waals surface area (Å²) >= 11 is 1.38. The first-order valence-electron chi connectivity index (χ1n) is 8.15. The number of nitrogens with zero attached hydrogens (tertiary/aromatic N) is 1. The summed E-state index contributed by atoms with van der Waals surface area (Å²) in [4.78, 5) is 19.6. The number of pyridine rings is 2. The van der Waals surface area contributed by atoms with Crippen LogP contribution in [0.4, 0.5) is 0 Å². The number of ether oxygens (including phenoxy) is 1. The van der Waals surface area contributed by atoms with Crippen LogP contribution < -0.4 is 16.0 Å². The fraction of sp³-hybridized carbons (Fsp3) is 0.158. The van der Waals surface area contributed by atoms with Crippen molar-refractivity contribution in [3.8, 4) is 22.8 Å². The molecule has 0 spiro atoms. The molecule has 0 aliphatic carbocycles. The van der Waals surface area contributed by atoms with Crippen LogP contribution in [0.3, 0.4) is 0 Å². The molecule has 26 heavy (non-hydrogen) atoms. The van der Waals surface area contributed by atoms with Crippen LogP contribution in [0.15, 0.2) is 40.6 Å². The number of phenols is 1. The second-order valence-electron chi connectivity index (χ2n) is 5.98. The Kier molecular flexibility index (Phi) is 4.10. The molecular formula is C19H17N3O3S. The molecule has 6 nitrogen and oxygen atoms in total. The van der Waals surface area contributed by atoms with E-state index in [1.165, 1.54) is 11.3 Å². The Balaban J connectivity index is 2.00. The number of phenolic OH excluding ortho intramolecular Hbond substituents is 1. The quantitative estimate of drug-likeness (QED) is 0.514. The van der Waals surface area contributed by atoms with E-state index in [1.54, 1.807) is 18.3 Å². The summed E-state index contributed by atoms with van der Waals surface area (Å²) in [6.45, 7) is 2.67. The van der Waals surface area contributed by atoms with Gasteiger partial charge >= 0.3 is 0 Å². The van der Waals surface area contributed by atoms with Gasteiger partial charge in [-0.15, -0.1) is 11.3 Å². The molecule has 0 amide bonds. The molecule has 3 aromatic heterocycles. The van der Waals surface area contributed by atoms with Crippen molar-refractivity contribution in [3.05, 3.63) is 51.8 Å². The first-order chi connectivity index (χ1) is 12.6. The topological polar surface area (TPSA) is 101 Å². The van der Waals surface area contributed by atoms with Gasteiger partial charge in [-0.1, -0.05) is 0 Å². The van der Waals surface area contributed by atoms with E-state index >= 15 is 0 Å². The molecular weight excluding hydrogens is 350 g/mol. The Labute approximate surface area is 152 Å². The molecule has 0 unspecified atom stereocenters. The van der Waals surface area contributed by atoms with Crippen LogP contribution in [0.25, 0.3) is 32.1 Å². The van der Waals surface area contributed by atoms with Crippen molar-refractivity contribution in [2.24, 2.45) is 5.73 Å². The van der Waals surface area contributed by atoms with E-state index in [2.05, 4.69) is 9.97 Å². The fourth-order valence-corrected chi connectivity index (χ4v) is 3.95. The first kappa shape index (κ1) is 16.6. The Morgan fingerprint density at radius 1 is 1.35 bits per heavy atom. The SMILES string of the molecule is Cc1cc(O)c(-c2ccc(OCCN)nc2)c2c1[nH]c(=O)c1sccc12. The fourth-order valence-electron chi connectivity index (χ4n) is 3.15. The molecule has 1 aromatic carbocycles. The molecule has 7 heteroatoms. The highest BCUT2D eigenvalue weighted by atomic mass is 32.1. The lowest BCUT2D eigenvalue weighted by Crippen LogP contribution is -2.11. The summed E-state index contributed by atoms with van der Waals surface area (Å²) in [5.41, 5.74) is 8.23. The molecule has 3 heterocycles. The van der Waals surface area contributed by atoms with E-state index in [1.807, 2.05) is 24.4 Å². The summed E-state index contributed by atoms with van der Waals surface area (Å²) in [6.07, 6.45) is 1.65. The van der Waals surface area contributed by atoms with E-state index in [0.29, 0.717) is 29.3 Å². The van der Waals surface area contributed by atoms with Crippen LogP contribution in [0, 0.1) is 6.92 Å². The molecule has 0 atom stereocenters. The minimum Gasteiger partial charge on any atom is -0.507 e. The van der Waals surface area contributed by atoms with Gasteiger partial charge in [0.15, 0.2) is 0 Å². The average molecular weight is 367 g/mol. The number of hydrogen-bond donors (Lipinski definition) is 3. The molecule has 0 saturated heterocycles. The molecule has 4 N–H and O–H groups in total. The maximum absolute atomic E-state index is 12.3. The third-order valence-electron chi connectivity index (χ3n) is 4.28. The highest BCUT2D eigenvalue weighted by molar-refractivity contribution is 7.17. The number of fused-ring (bicyclic) bond motifs is 3. The third kappa shape index (κ3) is 2.61. The van der Waals surface area contributed by atoms with E-state index in [9.17, 15) is 9.90 Å². The van der Waals surface area contributed by atoms with Gasteiger partial charge in [0.25, 0.3) is 5.56 Å². The van der Waals surface area contributed by atoms with Crippen LogP contribution in [0.5, 0.6) is 11.6 Å². The summed E-state index contributed by atoms with van der Waals surface area (Å²) in [5, 5.41) is 14.2. The average Bonchev–Trinajstić information content (AvgIpc) is 3.12. The predicted molar refractivity (Wildman–Crippen MR) is 104 cm³/mol. The number of thiophene rings is 1. The molecule has 0 fully saturated rings. The van der Waals surface area contributed by atoms with Crippen LogP contribution in [0.1, 0.15) is 5.56 Å². The Bertz CT molecular complexity index is 1160. The lowest BCUT2D eigenvalue weighted by Gasteiger charge is -2.13. The summed E-state index contributed by atoms with van der Waals surface area (Å²) in [6, 6.07) is 7.15. The maximum atomic E-state index is 12.3. The van der Waals surface area contributed by atoms with Gasteiger partial charge < -0.3 is 20.6 Å². The smallest absolute Gasteiger partial charge is 0.266 e. The number of aromatic hydroxyl groups is 1. The first-order valence-corrected chi connectivity index (χ1v) is 9.03. The van der Waals surface area contributed by atoms with Crippen molar-refractivity contribution in [1.29, 1.82) is 0 Å². The highest BCUT2D eigenvalue weighted by Crippen LogP contribution is 2.41. The molecule has 0 aliphatic rings. The van der Waals surface area contributed by atoms with Crippen molar-refractivity contribution < 1.29 is 9.84 Å². The van der Waals surface area contributed by atoms with Gasteiger partial charge in [-0.2, -0.15) is 0 Å². The number of hydrogen-bond acceptors (Lipinski definition) is 6. The van der Waals surface area contributed by atoms with E-state index < -0.39 is 0 Å². The monoisotopic (exact) mass is 367 g/mol. The largest absolute Gasteiger partial charge is 0.507 e. The highest BCUT2D eigenvalue weighted by Gasteiger charge is 2.17. The zero-order valence-electron chi connectivity index (χ0n) is 14.1. The van der Waals surface area contributed by atoms with Crippen molar-refractivity contribution in [3.63, 3.8) is 0 Å². The van der Waals surface area contributed by atoms with Crippen molar-refractivity contribution >= 4 is 32.3 Å². The van der Waals surface area contributed by atoms with Gasteiger partial charge in [-0.05, 0) is 36.1 Å².